The third kappa shape index (κ3) is 4.73. The van der Waals surface area contributed by atoms with E-state index >= 15 is 0 Å². The van der Waals surface area contributed by atoms with E-state index in [9.17, 15) is 4.79 Å². The number of hydrogen-bond acceptors (Lipinski definition) is 6. The SMILES string of the molecule is COc1cc(OC)c(Cc2ccc(C(=O)Nc3ccc(CC#N)cc3)o2)c(OC)c1. The van der Waals surface area contributed by atoms with Gasteiger partial charge in [0.15, 0.2) is 5.76 Å². The van der Waals surface area contributed by atoms with Gasteiger partial charge in [0.1, 0.15) is 23.0 Å². The van der Waals surface area contributed by atoms with E-state index in [1.165, 1.54) is 0 Å². The highest BCUT2D eigenvalue weighted by Gasteiger charge is 2.17. The van der Waals surface area contributed by atoms with Crippen LogP contribution in [0.15, 0.2) is 52.9 Å². The van der Waals surface area contributed by atoms with E-state index in [-0.39, 0.29) is 11.7 Å². The third-order valence-electron chi connectivity index (χ3n) is 4.55. The van der Waals surface area contributed by atoms with Gasteiger partial charge in [-0.3, -0.25) is 4.79 Å². The summed E-state index contributed by atoms with van der Waals surface area (Å²) in [5.41, 5.74) is 2.30. The molecule has 0 saturated heterocycles. The van der Waals surface area contributed by atoms with Crippen LogP contribution >= 0.6 is 0 Å². The van der Waals surface area contributed by atoms with Gasteiger partial charge in [-0.2, -0.15) is 5.26 Å². The molecule has 1 aromatic heterocycles. The standard InChI is InChI=1S/C23H22N2O5/c1-27-18-13-21(28-2)19(22(14-18)29-3)12-17-8-9-20(30-17)23(26)25-16-6-4-15(5-7-16)10-11-24/h4-9,13-14H,10,12H2,1-3H3,(H,25,26). The molecule has 2 aromatic carbocycles. The molecule has 1 amide bonds. The van der Waals surface area contributed by atoms with Gasteiger partial charge in [-0.05, 0) is 29.8 Å². The van der Waals surface area contributed by atoms with Crippen molar-refractivity contribution in [3.63, 3.8) is 0 Å². The molecule has 7 heteroatoms. The Morgan fingerprint density at radius 3 is 2.23 bits per heavy atom. The molecular formula is C23H22N2O5. The van der Waals surface area contributed by atoms with Gasteiger partial charge in [-0.15, -0.1) is 0 Å². The van der Waals surface area contributed by atoms with Gasteiger partial charge < -0.3 is 23.9 Å². The molecule has 0 radical (unpaired) electrons. The van der Waals surface area contributed by atoms with Crippen LogP contribution < -0.4 is 19.5 Å². The second-order valence-corrected chi connectivity index (χ2v) is 6.44. The minimum Gasteiger partial charge on any atom is -0.496 e. The molecule has 0 fully saturated rings. The van der Waals surface area contributed by atoms with Gasteiger partial charge in [0.25, 0.3) is 5.91 Å². The first-order valence-corrected chi connectivity index (χ1v) is 9.22. The number of anilines is 1. The minimum atomic E-state index is -0.358. The Kier molecular flexibility index (Phi) is 6.60. The van der Waals surface area contributed by atoms with Crippen LogP contribution in [-0.4, -0.2) is 27.2 Å². The van der Waals surface area contributed by atoms with Gasteiger partial charge in [-0.25, -0.2) is 0 Å². The molecule has 30 heavy (non-hydrogen) atoms. The molecule has 0 spiro atoms. The van der Waals surface area contributed by atoms with Gasteiger partial charge in [0.05, 0.1) is 33.8 Å². The Hall–Kier alpha value is -3.92. The summed E-state index contributed by atoms with van der Waals surface area (Å²) in [6.07, 6.45) is 0.709. The van der Waals surface area contributed by atoms with Crippen molar-refractivity contribution in [3.05, 3.63) is 71.2 Å². The summed E-state index contributed by atoms with van der Waals surface area (Å²) in [6.45, 7) is 0. The van der Waals surface area contributed by atoms with Crippen molar-refractivity contribution in [1.82, 2.24) is 0 Å². The first-order chi connectivity index (χ1) is 14.6. The summed E-state index contributed by atoms with van der Waals surface area (Å²) in [7, 11) is 4.71. The van der Waals surface area contributed by atoms with Crippen LogP contribution in [0.25, 0.3) is 0 Å². The third-order valence-corrected chi connectivity index (χ3v) is 4.55. The zero-order valence-electron chi connectivity index (χ0n) is 17.0. The number of rotatable bonds is 8. The number of amides is 1. The lowest BCUT2D eigenvalue weighted by Gasteiger charge is -2.14. The van der Waals surface area contributed by atoms with Crippen molar-refractivity contribution < 1.29 is 23.4 Å². The molecule has 0 unspecified atom stereocenters. The molecule has 0 bridgehead atoms. The second-order valence-electron chi connectivity index (χ2n) is 6.44. The maximum Gasteiger partial charge on any atom is 0.291 e. The van der Waals surface area contributed by atoms with Crippen LogP contribution in [0, 0.1) is 11.3 Å². The number of nitrogens with zero attached hydrogens (tertiary/aromatic N) is 1. The fourth-order valence-electron chi connectivity index (χ4n) is 3.01. The van der Waals surface area contributed by atoms with Crippen molar-refractivity contribution in [2.24, 2.45) is 0 Å². The van der Waals surface area contributed by atoms with Crippen molar-refractivity contribution in [3.8, 4) is 23.3 Å². The normalized spacial score (nSPS) is 10.2. The largest absolute Gasteiger partial charge is 0.496 e. The summed E-state index contributed by atoms with van der Waals surface area (Å²) in [5, 5.41) is 11.5. The number of methoxy groups -OCH3 is 3. The Morgan fingerprint density at radius 2 is 1.67 bits per heavy atom. The highest BCUT2D eigenvalue weighted by Crippen LogP contribution is 2.35. The van der Waals surface area contributed by atoms with E-state index in [1.54, 1.807) is 69.9 Å². The number of hydrogen-bond donors (Lipinski definition) is 1. The number of nitrogens with one attached hydrogen (secondary N) is 1. The first-order valence-electron chi connectivity index (χ1n) is 9.22. The number of carbonyl (C=O) groups excluding carboxylic acids is 1. The zero-order valence-corrected chi connectivity index (χ0v) is 17.0. The number of nitriles is 1. The highest BCUT2D eigenvalue weighted by atomic mass is 16.5. The monoisotopic (exact) mass is 406 g/mol. The Labute approximate surface area is 174 Å². The Morgan fingerprint density at radius 1 is 1.00 bits per heavy atom. The predicted octanol–water partition coefficient (Wildman–Crippen LogP) is 4.21. The fourth-order valence-corrected chi connectivity index (χ4v) is 3.01. The Bertz CT molecular complexity index is 1040. The maximum atomic E-state index is 12.5. The van der Waals surface area contributed by atoms with E-state index in [0.717, 1.165) is 11.1 Å². The maximum absolute atomic E-state index is 12.5. The van der Waals surface area contributed by atoms with E-state index < -0.39 is 0 Å². The molecule has 0 aliphatic heterocycles. The van der Waals surface area contributed by atoms with E-state index in [1.807, 2.05) is 0 Å². The number of benzene rings is 2. The van der Waals surface area contributed by atoms with E-state index in [4.69, 9.17) is 23.9 Å². The van der Waals surface area contributed by atoms with Crippen LogP contribution in [0.2, 0.25) is 0 Å². The molecule has 0 aliphatic carbocycles. The molecule has 0 saturated carbocycles. The Balaban J connectivity index is 1.75. The molecule has 1 heterocycles. The summed E-state index contributed by atoms with van der Waals surface area (Å²) >= 11 is 0. The van der Waals surface area contributed by atoms with E-state index in [2.05, 4.69) is 11.4 Å². The number of carbonyl (C=O) groups is 1. The molecule has 3 rings (SSSR count). The molecule has 154 valence electrons. The lowest BCUT2D eigenvalue weighted by atomic mass is 10.1. The second kappa shape index (κ2) is 9.52. The first kappa shape index (κ1) is 20.8. The van der Waals surface area contributed by atoms with Crippen molar-refractivity contribution in [2.75, 3.05) is 26.6 Å². The van der Waals surface area contributed by atoms with Crippen LogP contribution in [-0.2, 0) is 12.8 Å². The summed E-state index contributed by atoms with van der Waals surface area (Å²) < 4.78 is 21.9. The fraction of sp³-hybridized carbons (Fsp3) is 0.217. The molecule has 7 nitrogen and oxygen atoms in total. The van der Waals surface area contributed by atoms with Crippen LogP contribution in [0.1, 0.15) is 27.4 Å². The number of furan rings is 1. The molecule has 1 N–H and O–H groups in total. The summed E-state index contributed by atoms with van der Waals surface area (Å²) in [5.74, 6) is 2.25. The molecule has 0 aliphatic rings. The van der Waals surface area contributed by atoms with Crippen molar-refractivity contribution in [1.29, 1.82) is 5.26 Å². The average molecular weight is 406 g/mol. The zero-order chi connectivity index (χ0) is 21.5. The van der Waals surface area contributed by atoms with Crippen LogP contribution in [0.5, 0.6) is 17.2 Å². The molecule has 3 aromatic rings. The average Bonchev–Trinajstić information content (AvgIpc) is 3.24. The smallest absolute Gasteiger partial charge is 0.291 e. The topological polar surface area (TPSA) is 93.7 Å². The van der Waals surface area contributed by atoms with Crippen molar-refractivity contribution >= 4 is 11.6 Å². The van der Waals surface area contributed by atoms with Gasteiger partial charge >= 0.3 is 0 Å². The summed E-state index contributed by atoms with van der Waals surface area (Å²) in [4.78, 5) is 12.5. The van der Waals surface area contributed by atoms with Crippen LogP contribution in [0.3, 0.4) is 0 Å². The molecular weight excluding hydrogens is 384 g/mol. The van der Waals surface area contributed by atoms with Crippen molar-refractivity contribution in [2.45, 2.75) is 12.8 Å². The quantitative estimate of drug-likeness (QED) is 0.602. The predicted molar refractivity (Wildman–Crippen MR) is 111 cm³/mol. The lowest BCUT2D eigenvalue weighted by molar-refractivity contribution is 0.0995. The lowest BCUT2D eigenvalue weighted by Crippen LogP contribution is -2.10. The summed E-state index contributed by atoms with van der Waals surface area (Å²) in [6, 6.07) is 16.1. The highest BCUT2D eigenvalue weighted by molar-refractivity contribution is 6.02. The van der Waals surface area contributed by atoms with E-state index in [0.29, 0.717) is 41.5 Å². The van der Waals surface area contributed by atoms with Gasteiger partial charge in [0, 0.05) is 29.8 Å². The van der Waals surface area contributed by atoms with Crippen LogP contribution in [0.4, 0.5) is 5.69 Å². The van der Waals surface area contributed by atoms with Gasteiger partial charge in [0.2, 0.25) is 0 Å². The van der Waals surface area contributed by atoms with Gasteiger partial charge in [-0.1, -0.05) is 12.1 Å². The molecule has 0 atom stereocenters. The number of ether oxygens (including phenoxy) is 3. The minimum absolute atomic E-state index is 0.192.